The zero-order valence-electron chi connectivity index (χ0n) is 8.47. The molecule has 0 N–H and O–H groups in total. The molecule has 6 heteroatoms. The Kier molecular flexibility index (Phi) is 6.72. The Morgan fingerprint density at radius 3 is 2.73 bits per heavy atom. The highest BCUT2D eigenvalue weighted by atomic mass is 31.2. The van der Waals surface area contributed by atoms with Gasteiger partial charge in [0.05, 0.1) is 6.61 Å². The van der Waals surface area contributed by atoms with Crippen molar-refractivity contribution < 1.29 is 23.1 Å². The summed E-state index contributed by atoms with van der Waals surface area (Å²) in [6.07, 6.45) is 6.25. The molecule has 5 nitrogen and oxygen atoms in total. The highest BCUT2D eigenvalue weighted by Crippen LogP contribution is 2.49. The van der Waals surface area contributed by atoms with Gasteiger partial charge in [0.1, 0.15) is 13.2 Å². The minimum atomic E-state index is -3.91. The van der Waals surface area contributed by atoms with Gasteiger partial charge in [0.2, 0.25) is 0 Å². The van der Waals surface area contributed by atoms with Crippen molar-refractivity contribution in [3.05, 3.63) is 12.7 Å². The molecule has 0 aliphatic heterocycles. The minimum absolute atomic E-state index is 0.0602. The van der Waals surface area contributed by atoms with Crippen molar-refractivity contribution in [2.45, 2.75) is 6.92 Å². The molecule has 0 spiro atoms. The van der Waals surface area contributed by atoms with Crippen molar-refractivity contribution in [2.75, 3.05) is 19.8 Å². The Morgan fingerprint density at radius 2 is 2.27 bits per heavy atom. The Bertz CT molecular complexity index is 304. The van der Waals surface area contributed by atoms with Gasteiger partial charge in [-0.15, -0.1) is 6.42 Å². The van der Waals surface area contributed by atoms with Gasteiger partial charge in [-0.2, -0.15) is 0 Å². The molecule has 0 radical (unpaired) electrons. The monoisotopic (exact) mass is 232 g/mol. The zero-order chi connectivity index (χ0) is 11.7. The van der Waals surface area contributed by atoms with E-state index in [2.05, 4.69) is 21.8 Å². The highest BCUT2D eigenvalue weighted by Gasteiger charge is 2.36. The second-order valence-electron chi connectivity index (χ2n) is 2.26. The molecule has 0 rings (SSSR count). The first-order valence-corrected chi connectivity index (χ1v) is 5.75. The molecule has 0 heterocycles. The molecular weight excluding hydrogens is 219 g/mol. The van der Waals surface area contributed by atoms with Crippen LogP contribution in [-0.2, 0) is 18.3 Å². The largest absolute Gasteiger partial charge is 0.452 e. The molecule has 0 aliphatic carbocycles. The van der Waals surface area contributed by atoms with E-state index in [1.165, 1.54) is 6.08 Å². The van der Waals surface area contributed by atoms with Crippen LogP contribution in [0.3, 0.4) is 0 Å². The third-order valence-corrected chi connectivity index (χ3v) is 2.81. The fourth-order valence-electron chi connectivity index (χ4n) is 0.644. The van der Waals surface area contributed by atoms with Gasteiger partial charge in [0, 0.05) is 0 Å². The average molecular weight is 232 g/mol. The van der Waals surface area contributed by atoms with Gasteiger partial charge in [-0.1, -0.05) is 18.6 Å². The van der Waals surface area contributed by atoms with E-state index in [-0.39, 0.29) is 19.8 Å². The first-order valence-electron chi connectivity index (χ1n) is 4.21. The summed E-state index contributed by atoms with van der Waals surface area (Å²) in [6, 6.07) is 0. The second-order valence-corrected chi connectivity index (χ2v) is 4.13. The molecule has 15 heavy (non-hydrogen) atoms. The number of hydrogen-bond acceptors (Lipinski definition) is 5. The molecule has 1 atom stereocenters. The minimum Gasteiger partial charge on any atom is -0.452 e. The summed E-state index contributed by atoms with van der Waals surface area (Å²) < 4.78 is 25.7. The van der Waals surface area contributed by atoms with Crippen LogP contribution in [0.5, 0.6) is 0 Å². The van der Waals surface area contributed by atoms with Crippen molar-refractivity contribution in [2.24, 2.45) is 0 Å². The molecule has 0 aliphatic rings. The molecule has 0 saturated heterocycles. The number of carbonyl (C=O) groups is 1. The maximum absolute atomic E-state index is 11.7. The molecule has 0 amide bonds. The lowest BCUT2D eigenvalue weighted by atomic mass is 10.7. The summed E-state index contributed by atoms with van der Waals surface area (Å²) >= 11 is 0. The predicted octanol–water partition coefficient (Wildman–Crippen LogP) is 2.19. The topological polar surface area (TPSA) is 61.8 Å². The van der Waals surface area contributed by atoms with Crippen LogP contribution < -0.4 is 0 Å². The van der Waals surface area contributed by atoms with E-state index in [0.717, 1.165) is 0 Å². The predicted molar refractivity (Wildman–Crippen MR) is 55.6 cm³/mol. The van der Waals surface area contributed by atoms with Crippen molar-refractivity contribution in [3.63, 3.8) is 0 Å². The molecule has 0 aromatic carbocycles. The SMILES string of the molecule is C#CCOP(=O)(OCC)C(=O)OCC=C. The molecule has 84 valence electrons. The molecular formula is C9H13O5P. The summed E-state index contributed by atoms with van der Waals surface area (Å²) in [6.45, 7) is 4.64. The van der Waals surface area contributed by atoms with E-state index in [1.54, 1.807) is 6.92 Å². The summed E-state index contributed by atoms with van der Waals surface area (Å²) in [7, 11) is -3.91. The summed E-state index contributed by atoms with van der Waals surface area (Å²) in [5, 5.41) is 0. The third-order valence-electron chi connectivity index (χ3n) is 1.17. The van der Waals surface area contributed by atoms with Gasteiger partial charge in [-0.05, 0) is 6.92 Å². The third kappa shape index (κ3) is 4.80. The van der Waals surface area contributed by atoms with Gasteiger partial charge in [0.25, 0.3) is 0 Å². The highest BCUT2D eigenvalue weighted by molar-refractivity contribution is 7.71. The van der Waals surface area contributed by atoms with Gasteiger partial charge in [0.15, 0.2) is 0 Å². The van der Waals surface area contributed by atoms with Crippen LogP contribution in [0.2, 0.25) is 0 Å². The number of terminal acetylenes is 1. The van der Waals surface area contributed by atoms with Crippen molar-refractivity contribution >= 4 is 13.3 Å². The quantitative estimate of drug-likeness (QED) is 0.382. The average Bonchev–Trinajstić information content (AvgIpc) is 2.23. The van der Waals surface area contributed by atoms with Gasteiger partial charge in [-0.3, -0.25) is 4.52 Å². The van der Waals surface area contributed by atoms with E-state index in [0.29, 0.717) is 0 Å². The molecule has 1 unspecified atom stereocenters. The molecule has 0 bridgehead atoms. The second kappa shape index (κ2) is 7.24. The maximum atomic E-state index is 11.7. The zero-order valence-corrected chi connectivity index (χ0v) is 9.37. The summed E-state index contributed by atoms with van der Waals surface area (Å²) in [4.78, 5) is 11.3. The number of rotatable bonds is 7. The van der Waals surface area contributed by atoms with Gasteiger partial charge < -0.3 is 9.26 Å². The van der Waals surface area contributed by atoms with Crippen LogP contribution in [0.1, 0.15) is 6.92 Å². The van der Waals surface area contributed by atoms with Crippen LogP contribution in [0, 0.1) is 12.3 Å². The Hall–Kier alpha value is -1.08. The molecule has 0 fully saturated rings. The van der Waals surface area contributed by atoms with Crippen molar-refractivity contribution in [1.82, 2.24) is 0 Å². The van der Waals surface area contributed by atoms with Crippen molar-refractivity contribution in [3.8, 4) is 12.3 Å². The number of carbonyl (C=O) groups excluding carboxylic acids is 1. The fourth-order valence-corrected chi connectivity index (χ4v) is 1.75. The number of ether oxygens (including phenoxy) is 1. The molecule has 0 saturated carbocycles. The Labute approximate surface area is 88.9 Å². The van der Waals surface area contributed by atoms with Gasteiger partial charge in [-0.25, -0.2) is 9.36 Å². The van der Waals surface area contributed by atoms with E-state index in [1.807, 2.05) is 0 Å². The van der Waals surface area contributed by atoms with E-state index in [9.17, 15) is 9.36 Å². The van der Waals surface area contributed by atoms with Gasteiger partial charge >= 0.3 is 13.3 Å². The van der Waals surface area contributed by atoms with Crippen LogP contribution in [0.25, 0.3) is 0 Å². The van der Waals surface area contributed by atoms with E-state index in [4.69, 9.17) is 10.9 Å². The lowest BCUT2D eigenvalue weighted by molar-refractivity contribution is 0.160. The fraction of sp³-hybridized carbons (Fsp3) is 0.444. The molecule has 0 aromatic heterocycles. The van der Waals surface area contributed by atoms with E-state index >= 15 is 0 Å². The summed E-state index contributed by atoms with van der Waals surface area (Å²) in [5.74, 6) is 2.09. The van der Waals surface area contributed by atoms with Crippen LogP contribution in [-0.4, -0.2) is 25.5 Å². The van der Waals surface area contributed by atoms with Crippen LogP contribution in [0.15, 0.2) is 12.7 Å². The first-order chi connectivity index (χ1) is 7.10. The van der Waals surface area contributed by atoms with Crippen molar-refractivity contribution in [1.29, 1.82) is 0 Å². The lowest BCUT2D eigenvalue weighted by Gasteiger charge is -2.14. The maximum Gasteiger partial charge on any atom is 0.439 e. The van der Waals surface area contributed by atoms with E-state index < -0.39 is 13.3 Å². The molecule has 0 aromatic rings. The van der Waals surface area contributed by atoms with Crippen LogP contribution in [0.4, 0.5) is 4.79 Å². The number of hydrogen-bond donors (Lipinski definition) is 0. The standard InChI is InChI=1S/C9H13O5P/c1-4-7-12-9(10)15(11,13-6-3)14-8-5-2/h2,4H,1,6-8H2,3H3. The van der Waals surface area contributed by atoms with Crippen LogP contribution >= 0.6 is 7.60 Å². The normalized spacial score (nSPS) is 13.6. The Morgan fingerprint density at radius 1 is 1.60 bits per heavy atom. The lowest BCUT2D eigenvalue weighted by Crippen LogP contribution is -2.09. The Balaban J connectivity index is 4.48. The first kappa shape index (κ1) is 13.9. The smallest absolute Gasteiger partial charge is 0.439 e. The summed E-state index contributed by atoms with van der Waals surface area (Å²) in [5.41, 5.74) is -1.06.